The predicted octanol–water partition coefficient (Wildman–Crippen LogP) is 8.07. The summed E-state index contributed by atoms with van der Waals surface area (Å²) in [7, 11) is 0. The first-order valence-corrected chi connectivity index (χ1v) is 10.8. The zero-order valence-corrected chi connectivity index (χ0v) is 19.1. The van der Waals surface area contributed by atoms with Crippen LogP contribution in [0.5, 0.6) is 0 Å². The largest absolute Gasteiger partial charge is 0.0651 e. The van der Waals surface area contributed by atoms with E-state index in [4.69, 9.17) is 0 Å². The van der Waals surface area contributed by atoms with Crippen LogP contribution >= 0.6 is 0 Å². The van der Waals surface area contributed by atoms with Crippen LogP contribution < -0.4 is 0 Å². The third-order valence-electron chi connectivity index (χ3n) is 9.77. The smallest absolute Gasteiger partial charge is 0.0182 e. The molecule has 0 aromatic heterocycles. The minimum atomic E-state index is 0.388. The van der Waals surface area contributed by atoms with Crippen LogP contribution in [0.25, 0.3) is 0 Å². The lowest BCUT2D eigenvalue weighted by atomic mass is 9.59. The second kappa shape index (κ2) is 7.32. The van der Waals surface area contributed by atoms with E-state index < -0.39 is 0 Å². The molecule has 0 aromatic carbocycles. The highest BCUT2D eigenvalue weighted by Crippen LogP contribution is 2.80. The van der Waals surface area contributed by atoms with Crippen molar-refractivity contribution in [2.75, 3.05) is 0 Å². The lowest BCUT2D eigenvalue weighted by Gasteiger charge is -2.46. The van der Waals surface area contributed by atoms with E-state index in [1.165, 1.54) is 19.3 Å². The molecular weight excluding hydrogens is 288 g/mol. The Morgan fingerprint density at radius 2 is 1.38 bits per heavy atom. The van der Waals surface area contributed by atoms with E-state index >= 15 is 0 Å². The van der Waals surface area contributed by atoms with Gasteiger partial charge in [-0.15, -0.1) is 0 Å². The van der Waals surface area contributed by atoms with Gasteiger partial charge in [0.05, 0.1) is 0 Å². The van der Waals surface area contributed by atoms with Crippen molar-refractivity contribution < 1.29 is 0 Å². The average Bonchev–Trinajstić information content (AvgIpc) is 2.99. The van der Waals surface area contributed by atoms with E-state index in [0.29, 0.717) is 16.2 Å². The van der Waals surface area contributed by atoms with Crippen LogP contribution in [0.2, 0.25) is 0 Å². The summed E-state index contributed by atoms with van der Waals surface area (Å²) >= 11 is 0. The van der Waals surface area contributed by atoms with Crippen molar-refractivity contribution in [2.24, 2.45) is 51.8 Å². The van der Waals surface area contributed by atoms with Gasteiger partial charge in [0.2, 0.25) is 0 Å². The third-order valence-corrected chi connectivity index (χ3v) is 9.77. The summed E-state index contributed by atoms with van der Waals surface area (Å²) in [6.45, 7) is 30.0. The molecule has 24 heavy (non-hydrogen) atoms. The Kier molecular flexibility index (Phi) is 6.72. The van der Waals surface area contributed by atoms with Gasteiger partial charge in [-0.25, -0.2) is 0 Å². The quantitative estimate of drug-likeness (QED) is 0.399. The number of rotatable bonds is 9. The average molecular weight is 337 g/mol. The molecule has 1 saturated carbocycles. The lowest BCUT2D eigenvalue weighted by molar-refractivity contribution is 0.0266. The maximum atomic E-state index is 2.61. The summed E-state index contributed by atoms with van der Waals surface area (Å²) < 4.78 is 0. The molecule has 7 unspecified atom stereocenters. The second-order valence-corrected chi connectivity index (χ2v) is 10.8. The van der Waals surface area contributed by atoms with Crippen molar-refractivity contribution in [3.63, 3.8) is 0 Å². The van der Waals surface area contributed by atoms with E-state index in [1.807, 2.05) is 0 Å². The summed E-state index contributed by atoms with van der Waals surface area (Å²) in [6, 6.07) is 0. The van der Waals surface area contributed by atoms with Crippen molar-refractivity contribution >= 4 is 0 Å². The van der Waals surface area contributed by atoms with Crippen molar-refractivity contribution in [2.45, 2.75) is 102 Å². The summed E-state index contributed by atoms with van der Waals surface area (Å²) in [4.78, 5) is 0. The Bertz CT molecular complexity index is 406. The molecule has 7 atom stereocenters. The second-order valence-electron chi connectivity index (χ2n) is 10.8. The molecule has 0 spiro atoms. The Labute approximate surface area is 154 Å². The minimum Gasteiger partial charge on any atom is -0.0651 e. The highest BCUT2D eigenvalue weighted by Gasteiger charge is 2.76. The topological polar surface area (TPSA) is 0 Å². The predicted molar refractivity (Wildman–Crippen MR) is 110 cm³/mol. The highest BCUT2D eigenvalue weighted by molar-refractivity contribution is 5.23. The van der Waals surface area contributed by atoms with Crippen LogP contribution in [-0.4, -0.2) is 0 Å². The van der Waals surface area contributed by atoms with Crippen LogP contribution in [0, 0.1) is 51.8 Å². The van der Waals surface area contributed by atoms with Gasteiger partial charge in [-0.2, -0.15) is 0 Å². The highest BCUT2D eigenvalue weighted by atomic mass is 14.8. The van der Waals surface area contributed by atoms with Crippen LogP contribution in [0.1, 0.15) is 102 Å². The SMILES string of the molecule is CCC(C)C(C)C1(C)C(C)C1(C)C(C)(C)C(C)C(C)CCC(C)C. The lowest BCUT2D eigenvalue weighted by Crippen LogP contribution is -2.39. The first-order chi connectivity index (χ1) is 10.8. The Balaban J connectivity index is 3.00. The van der Waals surface area contributed by atoms with Gasteiger partial charge in [0.15, 0.2) is 0 Å². The molecular formula is C24H48. The standard InChI is InChI=1S/C24H48/c1-13-17(4)20(7)23(11)21(8)24(23,12)22(9,10)19(6)18(5)15-14-16(2)3/h16-21H,13-15H2,1-12H3. The van der Waals surface area contributed by atoms with Gasteiger partial charge in [-0.05, 0) is 51.8 Å². The molecule has 0 heteroatoms. The monoisotopic (exact) mass is 336 g/mol. The molecule has 0 saturated heterocycles. The van der Waals surface area contributed by atoms with Crippen molar-refractivity contribution in [3.8, 4) is 0 Å². The number of hydrogen-bond acceptors (Lipinski definition) is 0. The van der Waals surface area contributed by atoms with Crippen molar-refractivity contribution in [1.29, 1.82) is 0 Å². The van der Waals surface area contributed by atoms with Crippen LogP contribution in [0.3, 0.4) is 0 Å². The molecule has 0 bridgehead atoms. The maximum absolute atomic E-state index is 2.61. The van der Waals surface area contributed by atoms with Crippen molar-refractivity contribution in [1.82, 2.24) is 0 Å². The van der Waals surface area contributed by atoms with Gasteiger partial charge in [0.1, 0.15) is 0 Å². The molecule has 1 rings (SSSR count). The zero-order chi connectivity index (χ0) is 19.1. The van der Waals surface area contributed by atoms with Crippen LogP contribution in [-0.2, 0) is 0 Å². The van der Waals surface area contributed by atoms with Gasteiger partial charge in [0.25, 0.3) is 0 Å². The van der Waals surface area contributed by atoms with Gasteiger partial charge in [-0.1, -0.05) is 102 Å². The molecule has 144 valence electrons. The fraction of sp³-hybridized carbons (Fsp3) is 1.00. The van der Waals surface area contributed by atoms with E-state index in [0.717, 1.165) is 35.5 Å². The normalized spacial score (nSPS) is 35.6. The van der Waals surface area contributed by atoms with Crippen LogP contribution in [0.15, 0.2) is 0 Å². The molecule has 0 amide bonds. The van der Waals surface area contributed by atoms with E-state index in [2.05, 4.69) is 83.1 Å². The molecule has 0 aromatic rings. The molecule has 0 nitrogen and oxygen atoms in total. The Morgan fingerprint density at radius 1 is 0.875 bits per heavy atom. The van der Waals surface area contributed by atoms with Gasteiger partial charge in [0, 0.05) is 0 Å². The first kappa shape index (κ1) is 22.0. The summed E-state index contributed by atoms with van der Waals surface area (Å²) in [5, 5.41) is 0. The van der Waals surface area contributed by atoms with Gasteiger partial charge < -0.3 is 0 Å². The molecule has 1 aliphatic rings. The minimum absolute atomic E-state index is 0.388. The van der Waals surface area contributed by atoms with Gasteiger partial charge in [-0.3, -0.25) is 0 Å². The van der Waals surface area contributed by atoms with E-state index in [9.17, 15) is 0 Å². The van der Waals surface area contributed by atoms with E-state index in [-0.39, 0.29) is 0 Å². The maximum Gasteiger partial charge on any atom is -0.0182 e. The summed E-state index contributed by atoms with van der Waals surface area (Å²) in [6.07, 6.45) is 4.05. The van der Waals surface area contributed by atoms with Crippen LogP contribution in [0.4, 0.5) is 0 Å². The Hall–Kier alpha value is 0. The zero-order valence-electron chi connectivity index (χ0n) is 19.1. The molecule has 0 heterocycles. The van der Waals surface area contributed by atoms with Crippen molar-refractivity contribution in [3.05, 3.63) is 0 Å². The molecule has 0 radical (unpaired) electrons. The molecule has 1 aliphatic carbocycles. The fourth-order valence-corrected chi connectivity index (χ4v) is 6.19. The van der Waals surface area contributed by atoms with E-state index in [1.54, 1.807) is 0 Å². The summed E-state index contributed by atoms with van der Waals surface area (Å²) in [5.41, 5.74) is 1.32. The Morgan fingerprint density at radius 3 is 1.79 bits per heavy atom. The van der Waals surface area contributed by atoms with Gasteiger partial charge >= 0.3 is 0 Å². The molecule has 1 fully saturated rings. The summed E-state index contributed by atoms with van der Waals surface area (Å²) in [5.74, 6) is 4.87. The third kappa shape index (κ3) is 3.21. The number of hydrogen-bond donors (Lipinski definition) is 0. The first-order valence-electron chi connectivity index (χ1n) is 10.8. The molecule has 0 N–H and O–H groups in total. The fourth-order valence-electron chi connectivity index (χ4n) is 6.19. The molecule has 0 aliphatic heterocycles.